The molecule has 7 nitrogen and oxygen atoms in total. The van der Waals surface area contributed by atoms with Gasteiger partial charge in [0.05, 0.1) is 11.9 Å². The maximum Gasteiger partial charge on any atom is 0.269 e. The Hall–Kier alpha value is -1.54. The number of hydrogen-bond acceptors (Lipinski definition) is 5. The first-order valence-corrected chi connectivity index (χ1v) is 8.27. The zero-order valence-electron chi connectivity index (χ0n) is 11.7. The van der Waals surface area contributed by atoms with Crippen LogP contribution in [0, 0.1) is 5.92 Å². The number of nitrogens with zero attached hydrogens (tertiary/aromatic N) is 2. The first-order valence-electron chi connectivity index (χ1n) is 7.11. The highest BCUT2D eigenvalue weighted by molar-refractivity contribution is 7.99. The molecule has 3 N–H and O–H groups in total. The lowest BCUT2D eigenvalue weighted by Crippen LogP contribution is -2.42. The van der Waals surface area contributed by atoms with E-state index in [0.717, 1.165) is 31.1 Å². The van der Waals surface area contributed by atoms with E-state index in [-0.39, 0.29) is 17.9 Å². The fourth-order valence-corrected chi connectivity index (χ4v) is 3.63. The molecule has 0 spiro atoms. The van der Waals surface area contributed by atoms with Crippen LogP contribution in [0.2, 0.25) is 0 Å². The van der Waals surface area contributed by atoms with Crippen LogP contribution in [0.3, 0.4) is 0 Å². The Morgan fingerprint density at radius 3 is 3.14 bits per heavy atom. The fraction of sp³-hybridized carbons (Fsp3) is 0.615. The molecule has 0 saturated carbocycles. The summed E-state index contributed by atoms with van der Waals surface area (Å²) in [6.07, 6.45) is 2.33. The van der Waals surface area contributed by atoms with E-state index in [1.807, 2.05) is 4.90 Å². The normalized spacial score (nSPS) is 25.2. The molecule has 0 unspecified atom stereocenters. The van der Waals surface area contributed by atoms with E-state index < -0.39 is 0 Å². The number of rotatable bonds is 4. The topological polar surface area (TPSA) is 90.1 Å². The summed E-state index contributed by atoms with van der Waals surface area (Å²) in [6, 6.07) is 1.54. The second-order valence-electron chi connectivity index (χ2n) is 5.38. The van der Waals surface area contributed by atoms with E-state index >= 15 is 0 Å². The lowest BCUT2D eigenvalue weighted by Gasteiger charge is -2.19. The molecule has 3 heterocycles. The van der Waals surface area contributed by atoms with Gasteiger partial charge < -0.3 is 15.5 Å². The molecule has 114 valence electrons. The van der Waals surface area contributed by atoms with Crippen LogP contribution in [-0.4, -0.2) is 64.2 Å². The van der Waals surface area contributed by atoms with Crippen LogP contribution in [0.25, 0.3) is 0 Å². The van der Waals surface area contributed by atoms with E-state index in [2.05, 4.69) is 20.8 Å². The van der Waals surface area contributed by atoms with Crippen LogP contribution in [-0.2, 0) is 4.79 Å². The number of hydrogen-bond donors (Lipinski definition) is 3. The van der Waals surface area contributed by atoms with E-state index in [0.29, 0.717) is 18.2 Å². The van der Waals surface area contributed by atoms with E-state index in [9.17, 15) is 9.59 Å². The molecule has 2 saturated heterocycles. The number of nitrogens with one attached hydrogen (secondary N) is 3. The molecule has 2 aliphatic rings. The molecule has 0 bridgehead atoms. The Balaban J connectivity index is 1.44. The number of carbonyl (C=O) groups excluding carboxylic acids is 2. The first-order chi connectivity index (χ1) is 10.2. The largest absolute Gasteiger partial charge is 0.350 e. The monoisotopic (exact) mass is 309 g/mol. The average molecular weight is 309 g/mol. The van der Waals surface area contributed by atoms with E-state index in [4.69, 9.17) is 0 Å². The second-order valence-corrected chi connectivity index (χ2v) is 6.46. The molecule has 1 aromatic heterocycles. The van der Waals surface area contributed by atoms with Crippen molar-refractivity contribution in [3.05, 3.63) is 18.0 Å². The summed E-state index contributed by atoms with van der Waals surface area (Å²) < 4.78 is 0. The molecule has 2 fully saturated rings. The van der Waals surface area contributed by atoms with Crippen LogP contribution < -0.4 is 10.6 Å². The average Bonchev–Trinajstić information content (AvgIpc) is 3.26. The van der Waals surface area contributed by atoms with Crippen molar-refractivity contribution in [2.45, 2.75) is 12.5 Å². The van der Waals surface area contributed by atoms with Crippen molar-refractivity contribution in [1.29, 1.82) is 0 Å². The van der Waals surface area contributed by atoms with Gasteiger partial charge >= 0.3 is 0 Å². The van der Waals surface area contributed by atoms with Gasteiger partial charge in [-0.1, -0.05) is 0 Å². The first kappa shape index (κ1) is 14.4. The van der Waals surface area contributed by atoms with Crippen LogP contribution in [0.5, 0.6) is 0 Å². The second kappa shape index (κ2) is 6.48. The van der Waals surface area contributed by atoms with Crippen molar-refractivity contribution < 1.29 is 9.59 Å². The predicted molar refractivity (Wildman–Crippen MR) is 79.9 cm³/mol. The molecule has 2 atom stereocenters. The summed E-state index contributed by atoms with van der Waals surface area (Å²) >= 11 is 1.79. The van der Waals surface area contributed by atoms with Crippen LogP contribution in [0.4, 0.5) is 0 Å². The Labute approximate surface area is 127 Å². The van der Waals surface area contributed by atoms with Crippen molar-refractivity contribution in [2.75, 3.05) is 31.3 Å². The van der Waals surface area contributed by atoms with Crippen molar-refractivity contribution >= 4 is 23.6 Å². The van der Waals surface area contributed by atoms with Gasteiger partial charge in [0, 0.05) is 31.6 Å². The third kappa shape index (κ3) is 3.38. The van der Waals surface area contributed by atoms with Crippen LogP contribution in [0.15, 0.2) is 12.3 Å². The molecule has 8 heteroatoms. The van der Waals surface area contributed by atoms with Crippen molar-refractivity contribution in [3.8, 4) is 0 Å². The number of aromatic nitrogens is 2. The maximum absolute atomic E-state index is 12.3. The lowest BCUT2D eigenvalue weighted by atomic mass is 10.0. The SMILES string of the molecule is O=C(NC[C@@H]1CN[C@H](C(=O)N2CCSC2)C1)c1ccn[nH]1. The molecular formula is C13H19N5O2S. The van der Waals surface area contributed by atoms with Gasteiger partial charge in [-0.15, -0.1) is 11.8 Å². The van der Waals surface area contributed by atoms with Gasteiger partial charge in [0.2, 0.25) is 5.91 Å². The zero-order chi connectivity index (χ0) is 14.7. The number of amides is 2. The smallest absolute Gasteiger partial charge is 0.269 e. The summed E-state index contributed by atoms with van der Waals surface area (Å²) in [5, 5.41) is 12.5. The van der Waals surface area contributed by atoms with Crippen molar-refractivity contribution in [1.82, 2.24) is 25.7 Å². The summed E-state index contributed by atoms with van der Waals surface area (Å²) in [4.78, 5) is 26.0. The minimum absolute atomic E-state index is 0.0993. The quantitative estimate of drug-likeness (QED) is 0.707. The van der Waals surface area contributed by atoms with Gasteiger partial charge in [-0.25, -0.2) is 0 Å². The summed E-state index contributed by atoms with van der Waals surface area (Å²) in [7, 11) is 0. The highest BCUT2D eigenvalue weighted by Crippen LogP contribution is 2.19. The van der Waals surface area contributed by atoms with Crippen molar-refractivity contribution in [2.24, 2.45) is 5.92 Å². The Morgan fingerprint density at radius 2 is 2.43 bits per heavy atom. The minimum Gasteiger partial charge on any atom is -0.350 e. The molecule has 0 aliphatic carbocycles. The standard InChI is InChI=1S/C13H19N5O2S/c19-12(10-1-2-16-17-10)15-7-9-5-11(14-6-9)13(20)18-3-4-21-8-18/h1-2,9,11,14H,3-8H2,(H,15,19)(H,16,17)/t9-,11-/m0/s1. The van der Waals surface area contributed by atoms with Gasteiger partial charge in [0.15, 0.2) is 0 Å². The Bertz CT molecular complexity index is 501. The molecular weight excluding hydrogens is 290 g/mol. The van der Waals surface area contributed by atoms with E-state index in [1.165, 1.54) is 0 Å². The van der Waals surface area contributed by atoms with Gasteiger partial charge in [0.1, 0.15) is 5.69 Å². The minimum atomic E-state index is -0.154. The lowest BCUT2D eigenvalue weighted by molar-refractivity contribution is -0.131. The van der Waals surface area contributed by atoms with Gasteiger partial charge in [-0.2, -0.15) is 5.10 Å². The molecule has 0 aromatic carbocycles. The summed E-state index contributed by atoms with van der Waals surface area (Å²) in [6.45, 7) is 2.19. The number of H-pyrrole nitrogens is 1. The van der Waals surface area contributed by atoms with Crippen LogP contribution in [0.1, 0.15) is 16.9 Å². The summed E-state index contributed by atoms with van der Waals surface area (Å²) in [5.41, 5.74) is 0.461. The molecule has 1 aromatic rings. The predicted octanol–water partition coefficient (Wildman–Crippen LogP) is -0.349. The van der Waals surface area contributed by atoms with E-state index in [1.54, 1.807) is 24.0 Å². The molecule has 2 amide bonds. The fourth-order valence-electron chi connectivity index (χ4n) is 2.68. The summed E-state index contributed by atoms with van der Waals surface area (Å²) in [5.74, 6) is 2.17. The Morgan fingerprint density at radius 1 is 1.52 bits per heavy atom. The number of aromatic amines is 1. The maximum atomic E-state index is 12.3. The number of carbonyl (C=O) groups is 2. The van der Waals surface area contributed by atoms with Gasteiger partial charge in [-0.3, -0.25) is 14.7 Å². The zero-order valence-corrected chi connectivity index (χ0v) is 12.5. The molecule has 2 aliphatic heterocycles. The van der Waals surface area contributed by atoms with Crippen LogP contribution >= 0.6 is 11.8 Å². The molecule has 21 heavy (non-hydrogen) atoms. The highest BCUT2D eigenvalue weighted by atomic mass is 32.2. The Kier molecular flexibility index (Phi) is 4.45. The van der Waals surface area contributed by atoms with Gasteiger partial charge in [-0.05, 0) is 18.4 Å². The molecule has 0 radical (unpaired) electrons. The molecule has 3 rings (SSSR count). The third-order valence-electron chi connectivity index (χ3n) is 3.88. The number of thioether (sulfide) groups is 1. The highest BCUT2D eigenvalue weighted by Gasteiger charge is 2.33. The third-order valence-corrected chi connectivity index (χ3v) is 4.85. The van der Waals surface area contributed by atoms with Crippen molar-refractivity contribution in [3.63, 3.8) is 0 Å². The van der Waals surface area contributed by atoms with Gasteiger partial charge in [0.25, 0.3) is 5.91 Å².